The number of carboxylic acid groups (broad SMARTS) is 1. The Bertz CT molecular complexity index is 569. The highest BCUT2D eigenvalue weighted by Crippen LogP contribution is 2.24. The van der Waals surface area contributed by atoms with Gasteiger partial charge in [-0.1, -0.05) is 22.0 Å². The van der Waals surface area contributed by atoms with Gasteiger partial charge in [-0.25, -0.2) is 4.79 Å². The Morgan fingerprint density at radius 2 is 2.24 bits per heavy atom. The molecule has 0 saturated carbocycles. The van der Waals surface area contributed by atoms with E-state index in [0.717, 1.165) is 10.5 Å². The molecule has 0 spiro atoms. The molecule has 1 rings (SSSR count). The Kier molecular flexibility index (Phi) is 6.68. The monoisotopic (exact) mass is 353 g/mol. The lowest BCUT2D eigenvalue weighted by molar-refractivity contribution is -0.131. The van der Waals surface area contributed by atoms with Crippen LogP contribution in [0.15, 0.2) is 41.4 Å². The van der Waals surface area contributed by atoms with Crippen molar-refractivity contribution in [3.8, 4) is 5.75 Å². The van der Waals surface area contributed by atoms with Gasteiger partial charge in [0.2, 0.25) is 0 Å². The molecule has 0 fully saturated rings. The van der Waals surface area contributed by atoms with Gasteiger partial charge >= 0.3 is 5.97 Å². The SMILES string of the molecule is C=CCNC(=O)C(C)Oc1ccc(Br)c(/C=C/C(=O)O)c1. The van der Waals surface area contributed by atoms with Crippen LogP contribution in [-0.4, -0.2) is 29.6 Å². The number of benzene rings is 1. The molecular formula is C15H16BrNO4. The smallest absolute Gasteiger partial charge is 0.328 e. The molecule has 1 unspecified atom stereocenters. The fourth-order valence-corrected chi connectivity index (χ4v) is 1.84. The predicted molar refractivity (Wildman–Crippen MR) is 84.1 cm³/mol. The van der Waals surface area contributed by atoms with Gasteiger partial charge in [-0.3, -0.25) is 4.79 Å². The van der Waals surface area contributed by atoms with Crippen LogP contribution in [0.4, 0.5) is 0 Å². The molecule has 1 amide bonds. The van der Waals surface area contributed by atoms with Gasteiger partial charge in [0.1, 0.15) is 5.75 Å². The molecule has 21 heavy (non-hydrogen) atoms. The van der Waals surface area contributed by atoms with E-state index < -0.39 is 12.1 Å². The Hall–Kier alpha value is -2.08. The molecule has 5 nitrogen and oxygen atoms in total. The molecule has 112 valence electrons. The number of ether oxygens (including phenoxy) is 1. The third kappa shape index (κ3) is 5.83. The first kappa shape index (κ1) is 17.0. The van der Waals surface area contributed by atoms with Crippen molar-refractivity contribution in [2.45, 2.75) is 13.0 Å². The van der Waals surface area contributed by atoms with E-state index in [2.05, 4.69) is 27.8 Å². The van der Waals surface area contributed by atoms with Crippen LogP contribution in [0.25, 0.3) is 6.08 Å². The molecule has 0 bridgehead atoms. The molecule has 1 atom stereocenters. The zero-order valence-corrected chi connectivity index (χ0v) is 13.1. The number of aliphatic carboxylic acids is 1. The van der Waals surface area contributed by atoms with Crippen LogP contribution in [0.2, 0.25) is 0 Å². The van der Waals surface area contributed by atoms with Crippen molar-refractivity contribution in [3.05, 3.63) is 47.0 Å². The summed E-state index contributed by atoms with van der Waals surface area (Å²) in [5, 5.41) is 11.3. The van der Waals surface area contributed by atoms with Crippen molar-refractivity contribution in [1.29, 1.82) is 0 Å². The maximum absolute atomic E-state index is 11.7. The summed E-state index contributed by atoms with van der Waals surface area (Å²) in [6.45, 7) is 5.52. The van der Waals surface area contributed by atoms with Crippen molar-refractivity contribution >= 4 is 33.9 Å². The number of halogens is 1. The normalized spacial score (nSPS) is 11.9. The van der Waals surface area contributed by atoms with Crippen molar-refractivity contribution in [3.63, 3.8) is 0 Å². The molecule has 0 radical (unpaired) electrons. The van der Waals surface area contributed by atoms with Gasteiger partial charge in [-0.15, -0.1) is 6.58 Å². The number of hydrogen-bond donors (Lipinski definition) is 2. The van der Waals surface area contributed by atoms with E-state index in [9.17, 15) is 9.59 Å². The lowest BCUT2D eigenvalue weighted by Crippen LogP contribution is -2.36. The summed E-state index contributed by atoms with van der Waals surface area (Å²) in [5.41, 5.74) is 0.647. The molecule has 2 N–H and O–H groups in total. The van der Waals surface area contributed by atoms with Crippen molar-refractivity contribution in [1.82, 2.24) is 5.32 Å². The van der Waals surface area contributed by atoms with Crippen molar-refractivity contribution in [2.75, 3.05) is 6.54 Å². The Balaban J connectivity index is 2.80. The number of hydrogen-bond acceptors (Lipinski definition) is 3. The molecule has 0 aliphatic carbocycles. The number of nitrogens with one attached hydrogen (secondary N) is 1. The summed E-state index contributed by atoms with van der Waals surface area (Å²) < 4.78 is 6.26. The van der Waals surface area contributed by atoms with Gasteiger partial charge in [-0.2, -0.15) is 0 Å². The minimum absolute atomic E-state index is 0.250. The van der Waals surface area contributed by atoms with Crippen LogP contribution < -0.4 is 10.1 Å². The van der Waals surface area contributed by atoms with Gasteiger partial charge in [0.25, 0.3) is 5.91 Å². The topological polar surface area (TPSA) is 75.6 Å². The molecule has 0 aliphatic rings. The lowest BCUT2D eigenvalue weighted by atomic mass is 10.2. The Morgan fingerprint density at radius 3 is 2.86 bits per heavy atom. The average Bonchev–Trinajstić information content (AvgIpc) is 2.44. The van der Waals surface area contributed by atoms with Crippen LogP contribution in [0, 0.1) is 0 Å². The van der Waals surface area contributed by atoms with E-state index >= 15 is 0 Å². The zero-order chi connectivity index (χ0) is 15.8. The van der Waals surface area contributed by atoms with Gasteiger partial charge < -0.3 is 15.2 Å². The van der Waals surface area contributed by atoms with Gasteiger partial charge in [0.05, 0.1) is 0 Å². The molecule has 1 aromatic carbocycles. The van der Waals surface area contributed by atoms with Gasteiger partial charge in [0, 0.05) is 17.1 Å². The summed E-state index contributed by atoms with van der Waals surface area (Å²) in [6.07, 6.45) is 3.40. The standard InChI is InChI=1S/C15H16BrNO4/c1-3-8-17-15(20)10(2)21-12-5-6-13(16)11(9-12)4-7-14(18)19/h3-7,9-10H,1,8H2,2H3,(H,17,20)(H,18,19)/b7-4+. The van der Waals surface area contributed by atoms with Crippen LogP contribution in [0.5, 0.6) is 5.75 Å². The number of carbonyl (C=O) groups excluding carboxylic acids is 1. The van der Waals surface area contributed by atoms with E-state index in [-0.39, 0.29) is 5.91 Å². The molecule has 0 saturated heterocycles. The van der Waals surface area contributed by atoms with E-state index in [1.54, 1.807) is 31.2 Å². The first-order valence-corrected chi connectivity index (χ1v) is 6.99. The van der Waals surface area contributed by atoms with Crippen molar-refractivity contribution in [2.24, 2.45) is 0 Å². The van der Waals surface area contributed by atoms with E-state index in [0.29, 0.717) is 17.9 Å². The Labute approximate surface area is 131 Å². The highest BCUT2D eigenvalue weighted by Gasteiger charge is 2.14. The molecule has 0 aromatic heterocycles. The van der Waals surface area contributed by atoms with Gasteiger partial charge in [-0.05, 0) is 36.8 Å². The second-order valence-corrected chi connectivity index (χ2v) is 5.00. The molecule has 1 aromatic rings. The predicted octanol–water partition coefficient (Wildman–Crippen LogP) is 2.62. The summed E-state index contributed by atoms with van der Waals surface area (Å²) in [7, 11) is 0. The summed E-state index contributed by atoms with van der Waals surface area (Å²) >= 11 is 3.32. The zero-order valence-electron chi connectivity index (χ0n) is 11.5. The van der Waals surface area contributed by atoms with Crippen LogP contribution in [-0.2, 0) is 9.59 Å². The molecule has 6 heteroatoms. The Morgan fingerprint density at radius 1 is 1.52 bits per heavy atom. The largest absolute Gasteiger partial charge is 0.481 e. The lowest BCUT2D eigenvalue weighted by Gasteiger charge is -2.14. The fraction of sp³-hybridized carbons (Fsp3) is 0.200. The van der Waals surface area contributed by atoms with Crippen LogP contribution in [0.1, 0.15) is 12.5 Å². The number of amides is 1. The third-order valence-electron chi connectivity index (χ3n) is 2.48. The molecule has 0 heterocycles. The summed E-state index contributed by atoms with van der Waals surface area (Å²) in [6, 6.07) is 5.07. The summed E-state index contributed by atoms with van der Waals surface area (Å²) in [4.78, 5) is 22.2. The first-order chi connectivity index (χ1) is 9.93. The minimum Gasteiger partial charge on any atom is -0.481 e. The number of carboxylic acids is 1. The summed E-state index contributed by atoms with van der Waals surface area (Å²) in [5.74, 6) is -0.810. The van der Waals surface area contributed by atoms with Crippen LogP contribution in [0.3, 0.4) is 0 Å². The van der Waals surface area contributed by atoms with E-state index in [4.69, 9.17) is 9.84 Å². The average molecular weight is 354 g/mol. The van der Waals surface area contributed by atoms with E-state index in [1.165, 1.54) is 6.08 Å². The van der Waals surface area contributed by atoms with Crippen molar-refractivity contribution < 1.29 is 19.4 Å². The second-order valence-electron chi connectivity index (χ2n) is 4.15. The fourth-order valence-electron chi connectivity index (χ4n) is 1.46. The van der Waals surface area contributed by atoms with Gasteiger partial charge in [0.15, 0.2) is 6.10 Å². The minimum atomic E-state index is -1.04. The van der Waals surface area contributed by atoms with Crippen LogP contribution >= 0.6 is 15.9 Å². The second kappa shape index (κ2) is 8.26. The quantitative estimate of drug-likeness (QED) is 0.583. The highest BCUT2D eigenvalue weighted by atomic mass is 79.9. The molecular weight excluding hydrogens is 338 g/mol. The third-order valence-corrected chi connectivity index (χ3v) is 3.20. The highest BCUT2D eigenvalue weighted by molar-refractivity contribution is 9.10. The maximum Gasteiger partial charge on any atom is 0.328 e. The number of rotatable bonds is 7. The first-order valence-electron chi connectivity index (χ1n) is 6.20. The molecule has 0 aliphatic heterocycles. The maximum atomic E-state index is 11.7. The van der Waals surface area contributed by atoms with E-state index in [1.807, 2.05) is 0 Å². The number of carbonyl (C=O) groups is 2.